The van der Waals surface area contributed by atoms with Crippen molar-refractivity contribution in [3.05, 3.63) is 54.2 Å². The highest BCUT2D eigenvalue weighted by Gasteiger charge is 2.07. The first kappa shape index (κ1) is 15.1. The van der Waals surface area contributed by atoms with Crippen molar-refractivity contribution < 1.29 is 0 Å². The van der Waals surface area contributed by atoms with Crippen LogP contribution in [0.3, 0.4) is 0 Å². The molecule has 0 saturated carbocycles. The molecule has 2 aromatic rings. The van der Waals surface area contributed by atoms with Gasteiger partial charge in [0.25, 0.3) is 5.56 Å². The lowest BCUT2D eigenvalue weighted by Crippen LogP contribution is -2.17. The zero-order chi connectivity index (χ0) is 13.8. The van der Waals surface area contributed by atoms with Gasteiger partial charge in [0.1, 0.15) is 5.82 Å². The van der Waals surface area contributed by atoms with Gasteiger partial charge in [0.15, 0.2) is 0 Å². The van der Waals surface area contributed by atoms with E-state index in [2.05, 4.69) is 32.0 Å². The van der Waals surface area contributed by atoms with Crippen molar-refractivity contribution >= 4 is 50.3 Å². The summed E-state index contributed by atoms with van der Waals surface area (Å²) in [6, 6.07) is 8.08. The minimum atomic E-state index is -0.0442. The molecule has 0 aliphatic heterocycles. The average molecular weight is 451 g/mol. The molecule has 0 spiro atoms. The lowest BCUT2D eigenvalue weighted by Gasteiger charge is -2.05. The predicted molar refractivity (Wildman–Crippen MR) is 90.7 cm³/mol. The Morgan fingerprint density at radius 2 is 2.26 bits per heavy atom. The summed E-state index contributed by atoms with van der Waals surface area (Å²) < 4.78 is 1.74. The molecule has 0 saturated heterocycles. The Hall–Kier alpha value is -0.340. The highest BCUT2D eigenvalue weighted by Crippen LogP contribution is 2.24. The molecule has 6 heteroatoms. The second-order valence-corrected chi connectivity index (χ2v) is 6.92. The van der Waals surface area contributed by atoms with Gasteiger partial charge in [-0.1, -0.05) is 28.9 Å². The van der Waals surface area contributed by atoms with E-state index in [1.165, 1.54) is 0 Å². The van der Waals surface area contributed by atoms with Gasteiger partial charge in [-0.25, -0.2) is 4.98 Å². The number of rotatable bonds is 4. The Kier molecular flexibility index (Phi) is 5.47. The Bertz CT molecular complexity index is 645. The fourth-order valence-electron chi connectivity index (χ4n) is 1.57. The number of benzene rings is 1. The van der Waals surface area contributed by atoms with Crippen molar-refractivity contribution in [3.63, 3.8) is 0 Å². The average Bonchev–Trinajstić information content (AvgIpc) is 2.40. The number of thioether (sulfide) groups is 1. The molecule has 2 rings (SSSR count). The third-order valence-corrected chi connectivity index (χ3v) is 5.10. The first-order valence-electron chi connectivity index (χ1n) is 5.76. The molecule has 3 nitrogen and oxygen atoms in total. The van der Waals surface area contributed by atoms with Gasteiger partial charge in [0, 0.05) is 9.37 Å². The summed E-state index contributed by atoms with van der Waals surface area (Å²) in [6.45, 7) is 2.01. The monoisotopic (exact) mass is 450 g/mol. The maximum atomic E-state index is 11.8. The Labute approximate surface area is 137 Å². The molecule has 0 bridgehead atoms. The fraction of sp³-hybridized carbons (Fsp3) is 0.231. The second kappa shape index (κ2) is 6.90. The molecule has 0 fully saturated rings. The summed E-state index contributed by atoms with van der Waals surface area (Å²) in [5.41, 5.74) is 0.825. The van der Waals surface area contributed by atoms with Gasteiger partial charge in [0.2, 0.25) is 0 Å². The smallest absolute Gasteiger partial charge is 0.264 e. The van der Waals surface area contributed by atoms with E-state index < -0.39 is 0 Å². The highest BCUT2D eigenvalue weighted by atomic mass is 127. The number of nitrogens with zero attached hydrogens (tertiary/aromatic N) is 1. The number of hydrogen-bond acceptors (Lipinski definition) is 3. The van der Waals surface area contributed by atoms with Gasteiger partial charge in [0.05, 0.1) is 15.0 Å². The molecule has 100 valence electrons. The van der Waals surface area contributed by atoms with E-state index in [0.717, 1.165) is 27.3 Å². The molecule has 1 aromatic heterocycles. The molecule has 0 aliphatic rings. The van der Waals surface area contributed by atoms with Crippen LogP contribution in [0.1, 0.15) is 18.4 Å². The van der Waals surface area contributed by atoms with Crippen molar-refractivity contribution in [2.45, 2.75) is 24.0 Å². The first-order chi connectivity index (χ1) is 9.10. The number of halogens is 2. The zero-order valence-electron chi connectivity index (χ0n) is 10.2. The summed E-state index contributed by atoms with van der Waals surface area (Å²) in [5.74, 6) is 1.39. The molecule has 0 radical (unpaired) electrons. The molecule has 0 amide bonds. The van der Waals surface area contributed by atoms with E-state index in [-0.39, 0.29) is 5.56 Å². The maximum absolute atomic E-state index is 11.8. The topological polar surface area (TPSA) is 45.8 Å². The van der Waals surface area contributed by atoms with E-state index in [1.54, 1.807) is 11.8 Å². The number of nitrogens with one attached hydrogen (secondary N) is 1. The van der Waals surface area contributed by atoms with Crippen LogP contribution in [0.25, 0.3) is 0 Å². The molecular weight excluding hydrogens is 439 g/mol. The fourth-order valence-corrected chi connectivity index (χ4v) is 3.58. The van der Waals surface area contributed by atoms with Crippen LogP contribution in [-0.4, -0.2) is 9.97 Å². The van der Waals surface area contributed by atoms with Crippen LogP contribution in [-0.2, 0) is 12.2 Å². The summed E-state index contributed by atoms with van der Waals surface area (Å²) in [7, 11) is 0. The molecular formula is C13H12BrIN2OS. The second-order valence-electron chi connectivity index (χ2n) is 3.87. The Morgan fingerprint density at radius 3 is 2.95 bits per heavy atom. The van der Waals surface area contributed by atoms with Crippen molar-refractivity contribution in [3.8, 4) is 0 Å². The molecule has 0 unspecified atom stereocenters. The van der Waals surface area contributed by atoms with Gasteiger partial charge >= 0.3 is 0 Å². The van der Waals surface area contributed by atoms with Gasteiger partial charge in [-0.15, -0.1) is 11.8 Å². The summed E-state index contributed by atoms with van der Waals surface area (Å²) >= 11 is 7.15. The van der Waals surface area contributed by atoms with Crippen LogP contribution in [0.15, 0.2) is 38.4 Å². The van der Waals surface area contributed by atoms with Crippen LogP contribution in [0.5, 0.6) is 0 Å². The van der Waals surface area contributed by atoms with Gasteiger partial charge < -0.3 is 4.98 Å². The maximum Gasteiger partial charge on any atom is 0.264 e. The van der Waals surface area contributed by atoms with Crippen molar-refractivity contribution in [1.82, 2.24) is 9.97 Å². The number of aryl methyl sites for hydroxylation is 1. The van der Waals surface area contributed by atoms with Crippen LogP contribution in [0.4, 0.5) is 0 Å². The predicted octanol–water partition coefficient (Wildman–Crippen LogP) is 3.99. The van der Waals surface area contributed by atoms with Crippen molar-refractivity contribution in [2.24, 2.45) is 0 Å². The lowest BCUT2D eigenvalue weighted by molar-refractivity contribution is 0.905. The van der Waals surface area contributed by atoms with E-state index >= 15 is 0 Å². The van der Waals surface area contributed by atoms with E-state index in [1.807, 2.05) is 47.7 Å². The van der Waals surface area contributed by atoms with Crippen LogP contribution in [0.2, 0.25) is 0 Å². The molecule has 19 heavy (non-hydrogen) atoms. The molecule has 0 atom stereocenters. The molecule has 0 aliphatic carbocycles. The largest absolute Gasteiger partial charge is 0.309 e. The molecule has 1 aromatic carbocycles. The minimum Gasteiger partial charge on any atom is -0.309 e. The van der Waals surface area contributed by atoms with E-state index in [9.17, 15) is 4.79 Å². The minimum absolute atomic E-state index is 0.0442. The highest BCUT2D eigenvalue weighted by molar-refractivity contribution is 14.1. The normalized spacial score (nSPS) is 10.7. The number of aromatic nitrogens is 2. The number of aromatic amines is 1. The van der Waals surface area contributed by atoms with Crippen molar-refractivity contribution in [1.29, 1.82) is 0 Å². The van der Waals surface area contributed by atoms with Gasteiger partial charge in [-0.3, -0.25) is 4.79 Å². The molecule has 1 heterocycles. The standard InChI is InChI=1S/C13H12BrIN2OS/c1-2-10-12(15)13(18)17-11(16-10)7-19-9-5-3-4-8(14)6-9/h3-6H,2,7H2,1H3,(H,16,17,18). The summed E-state index contributed by atoms with van der Waals surface area (Å²) in [4.78, 5) is 20.2. The lowest BCUT2D eigenvalue weighted by atomic mass is 10.3. The van der Waals surface area contributed by atoms with E-state index in [4.69, 9.17) is 0 Å². The van der Waals surface area contributed by atoms with Crippen molar-refractivity contribution in [2.75, 3.05) is 0 Å². The third kappa shape index (κ3) is 4.06. The third-order valence-electron chi connectivity index (χ3n) is 2.49. The van der Waals surface area contributed by atoms with Crippen LogP contribution < -0.4 is 5.56 Å². The van der Waals surface area contributed by atoms with Gasteiger partial charge in [-0.2, -0.15) is 0 Å². The summed E-state index contributed by atoms with van der Waals surface area (Å²) in [6.07, 6.45) is 0.775. The first-order valence-corrected chi connectivity index (χ1v) is 8.62. The van der Waals surface area contributed by atoms with E-state index in [0.29, 0.717) is 9.32 Å². The zero-order valence-corrected chi connectivity index (χ0v) is 14.8. The molecule has 1 N–H and O–H groups in total. The Morgan fingerprint density at radius 1 is 1.47 bits per heavy atom. The van der Waals surface area contributed by atoms with Gasteiger partial charge in [-0.05, 0) is 47.2 Å². The van der Waals surface area contributed by atoms with Crippen LogP contribution in [0, 0.1) is 3.57 Å². The number of hydrogen-bond donors (Lipinski definition) is 1. The quantitative estimate of drug-likeness (QED) is 0.565. The summed E-state index contributed by atoms with van der Waals surface area (Å²) in [5, 5.41) is 0. The number of H-pyrrole nitrogens is 1. The van der Waals surface area contributed by atoms with Crippen LogP contribution >= 0.6 is 50.3 Å². The SMILES string of the molecule is CCc1nc(CSc2cccc(Br)c2)[nH]c(=O)c1I. The Balaban J connectivity index is 2.16.